The van der Waals surface area contributed by atoms with Gasteiger partial charge in [-0.1, -0.05) is 25.5 Å². The first kappa shape index (κ1) is 14.9. The number of carbonyl (C=O) groups excluding carboxylic acids is 1. The van der Waals surface area contributed by atoms with E-state index in [0.717, 1.165) is 17.7 Å². The Bertz CT molecular complexity index is 674. The molecule has 0 saturated carbocycles. The quantitative estimate of drug-likeness (QED) is 0.858. The number of nitrogens with two attached hydrogens (primary N) is 1. The lowest BCUT2D eigenvalue weighted by atomic mass is 10.2. The fourth-order valence-electron chi connectivity index (χ4n) is 2.07. The zero-order valence-corrected chi connectivity index (χ0v) is 12.0. The average molecular weight is 288 g/mol. The second kappa shape index (κ2) is 6.30. The molecule has 0 radical (unpaired) electrons. The molecule has 110 valence electrons. The van der Waals surface area contributed by atoms with Crippen LogP contribution in [-0.2, 0) is 13.5 Å². The van der Waals surface area contributed by atoms with Crippen LogP contribution in [0.5, 0.6) is 0 Å². The zero-order valence-electron chi connectivity index (χ0n) is 12.0. The van der Waals surface area contributed by atoms with E-state index in [0.29, 0.717) is 12.1 Å². The zero-order chi connectivity index (χ0) is 15.4. The summed E-state index contributed by atoms with van der Waals surface area (Å²) in [7, 11) is 1.66. The van der Waals surface area contributed by atoms with Gasteiger partial charge in [-0.15, -0.1) is 0 Å². The van der Waals surface area contributed by atoms with Gasteiger partial charge in [-0.3, -0.25) is 14.5 Å². The highest BCUT2D eigenvalue weighted by atomic mass is 19.1. The lowest BCUT2D eigenvalue weighted by Crippen LogP contribution is -2.15. The van der Waals surface area contributed by atoms with Crippen molar-refractivity contribution in [3.05, 3.63) is 47.0 Å². The molecule has 1 aromatic carbocycles. The molecular weight excluding hydrogens is 271 g/mol. The van der Waals surface area contributed by atoms with Gasteiger partial charge in [0.1, 0.15) is 11.5 Å². The maximum Gasteiger partial charge on any atom is 0.269 e. The van der Waals surface area contributed by atoms with Gasteiger partial charge in [0.25, 0.3) is 5.91 Å². The third kappa shape index (κ3) is 3.34. The van der Waals surface area contributed by atoms with Crippen molar-refractivity contribution < 1.29 is 9.18 Å². The predicted molar refractivity (Wildman–Crippen MR) is 79.4 cm³/mol. The Morgan fingerprint density at radius 2 is 2.10 bits per heavy atom. The minimum Gasteiger partial charge on any atom is -0.364 e. The maximum absolute atomic E-state index is 12.9. The lowest BCUT2D eigenvalue weighted by molar-refractivity contribution is 0.0992. The Hall–Kier alpha value is -2.50. The van der Waals surface area contributed by atoms with Crippen molar-refractivity contribution in [2.24, 2.45) is 17.8 Å². The molecule has 6 heteroatoms. The number of halogens is 1. The first-order chi connectivity index (χ1) is 10.0. The van der Waals surface area contributed by atoms with Gasteiger partial charge in [0, 0.05) is 13.3 Å². The van der Waals surface area contributed by atoms with E-state index in [1.165, 1.54) is 16.8 Å². The summed E-state index contributed by atoms with van der Waals surface area (Å²) < 4.78 is 14.3. The number of nitrogens with zero attached hydrogens (tertiary/aromatic N) is 3. The Morgan fingerprint density at radius 1 is 1.43 bits per heavy atom. The Kier molecular flexibility index (Phi) is 4.47. The average Bonchev–Trinajstić information content (AvgIpc) is 2.74. The fourth-order valence-corrected chi connectivity index (χ4v) is 2.07. The summed E-state index contributed by atoms with van der Waals surface area (Å²) in [6.45, 7) is 2.02. The molecule has 1 heterocycles. The molecule has 0 aliphatic carbocycles. The van der Waals surface area contributed by atoms with Crippen LogP contribution in [0.2, 0.25) is 0 Å². The van der Waals surface area contributed by atoms with Gasteiger partial charge in [-0.05, 0) is 24.1 Å². The van der Waals surface area contributed by atoms with E-state index in [1.54, 1.807) is 25.4 Å². The second-order valence-corrected chi connectivity index (χ2v) is 4.69. The van der Waals surface area contributed by atoms with Crippen LogP contribution in [0.25, 0.3) is 0 Å². The molecule has 0 saturated heterocycles. The summed E-state index contributed by atoms with van der Waals surface area (Å²) in [5.74, 6) is -0.878. The number of aryl methyl sites for hydroxylation is 2. The molecule has 0 unspecified atom stereocenters. The second-order valence-electron chi connectivity index (χ2n) is 4.69. The van der Waals surface area contributed by atoms with Gasteiger partial charge in [0.15, 0.2) is 5.69 Å². The monoisotopic (exact) mass is 288 g/mol. The number of aromatic nitrogens is 2. The molecule has 0 atom stereocenters. The molecule has 0 spiro atoms. The van der Waals surface area contributed by atoms with Crippen molar-refractivity contribution in [1.82, 2.24) is 9.78 Å². The van der Waals surface area contributed by atoms with E-state index in [9.17, 15) is 9.18 Å². The van der Waals surface area contributed by atoms with Gasteiger partial charge in [0.2, 0.25) is 0 Å². The van der Waals surface area contributed by atoms with Gasteiger partial charge < -0.3 is 5.73 Å². The lowest BCUT2D eigenvalue weighted by Gasteiger charge is -1.99. The third-order valence-corrected chi connectivity index (χ3v) is 3.02. The van der Waals surface area contributed by atoms with Crippen molar-refractivity contribution in [3.8, 4) is 0 Å². The molecule has 21 heavy (non-hydrogen) atoms. The first-order valence-corrected chi connectivity index (χ1v) is 6.68. The van der Waals surface area contributed by atoms with Crippen LogP contribution in [0.15, 0.2) is 29.3 Å². The summed E-state index contributed by atoms with van der Waals surface area (Å²) in [4.78, 5) is 15.9. The first-order valence-electron chi connectivity index (χ1n) is 6.68. The number of primary amides is 1. The van der Waals surface area contributed by atoms with E-state index in [1.807, 2.05) is 6.92 Å². The van der Waals surface area contributed by atoms with Crippen LogP contribution < -0.4 is 5.73 Å². The highest BCUT2D eigenvalue weighted by Crippen LogP contribution is 2.24. The summed E-state index contributed by atoms with van der Waals surface area (Å²) in [5.41, 5.74) is 7.61. The fraction of sp³-hybridized carbons (Fsp3) is 0.267. The minimum atomic E-state index is -0.571. The van der Waals surface area contributed by atoms with Gasteiger partial charge >= 0.3 is 0 Å². The molecule has 0 fully saturated rings. The predicted octanol–water partition coefficient (Wildman–Crippen LogP) is 2.36. The van der Waals surface area contributed by atoms with Gasteiger partial charge in [-0.25, -0.2) is 4.39 Å². The number of hydrogen-bond donors (Lipinski definition) is 1. The van der Waals surface area contributed by atoms with E-state index >= 15 is 0 Å². The van der Waals surface area contributed by atoms with Crippen LogP contribution in [0.3, 0.4) is 0 Å². The molecule has 0 aliphatic heterocycles. The Morgan fingerprint density at radius 3 is 2.67 bits per heavy atom. The SMILES string of the molecule is CCCc1nn(C)c(C(N)=O)c1N=Cc1ccc(F)cc1. The highest BCUT2D eigenvalue weighted by Gasteiger charge is 2.18. The van der Waals surface area contributed by atoms with Gasteiger partial charge in [0.05, 0.1) is 5.69 Å². The number of aliphatic imine (C=N–C) groups is 1. The molecule has 1 aromatic heterocycles. The molecule has 1 amide bonds. The van der Waals surface area contributed by atoms with E-state index in [-0.39, 0.29) is 11.5 Å². The molecule has 5 nitrogen and oxygen atoms in total. The van der Waals surface area contributed by atoms with Gasteiger partial charge in [-0.2, -0.15) is 5.10 Å². The van der Waals surface area contributed by atoms with Crippen molar-refractivity contribution in [2.45, 2.75) is 19.8 Å². The van der Waals surface area contributed by atoms with Crippen molar-refractivity contribution >= 4 is 17.8 Å². The third-order valence-electron chi connectivity index (χ3n) is 3.02. The molecule has 2 N–H and O–H groups in total. The van der Waals surface area contributed by atoms with E-state index in [2.05, 4.69) is 10.1 Å². The summed E-state index contributed by atoms with van der Waals surface area (Å²) in [6.07, 6.45) is 3.16. The van der Waals surface area contributed by atoms with E-state index in [4.69, 9.17) is 5.73 Å². The summed E-state index contributed by atoms with van der Waals surface area (Å²) in [6, 6.07) is 5.93. The number of carbonyl (C=O) groups is 1. The number of amides is 1. The molecule has 2 rings (SSSR count). The summed E-state index contributed by atoms with van der Waals surface area (Å²) >= 11 is 0. The normalized spacial score (nSPS) is 11.2. The minimum absolute atomic E-state index is 0.275. The molecule has 0 bridgehead atoms. The van der Waals surface area contributed by atoms with E-state index < -0.39 is 5.91 Å². The summed E-state index contributed by atoms with van der Waals surface area (Å²) in [5, 5.41) is 4.29. The van der Waals surface area contributed by atoms with Crippen LogP contribution in [0.4, 0.5) is 10.1 Å². The smallest absolute Gasteiger partial charge is 0.269 e. The van der Waals surface area contributed by atoms with Crippen molar-refractivity contribution in [2.75, 3.05) is 0 Å². The maximum atomic E-state index is 12.9. The van der Waals surface area contributed by atoms with Crippen LogP contribution in [-0.4, -0.2) is 21.9 Å². The van der Waals surface area contributed by atoms with Crippen molar-refractivity contribution in [1.29, 1.82) is 0 Å². The standard InChI is InChI=1S/C15H17FN4O/c1-3-4-12-13(14(15(17)21)20(2)19-12)18-9-10-5-7-11(16)8-6-10/h5-9H,3-4H2,1-2H3,(H2,17,21). The topological polar surface area (TPSA) is 73.3 Å². The Balaban J connectivity index is 2.41. The number of hydrogen-bond acceptors (Lipinski definition) is 3. The van der Waals surface area contributed by atoms with Crippen molar-refractivity contribution in [3.63, 3.8) is 0 Å². The van der Waals surface area contributed by atoms with Crippen LogP contribution in [0, 0.1) is 5.82 Å². The van der Waals surface area contributed by atoms with Crippen LogP contribution >= 0.6 is 0 Å². The molecular formula is C15H17FN4O. The van der Waals surface area contributed by atoms with Crippen LogP contribution in [0.1, 0.15) is 35.1 Å². The molecule has 2 aromatic rings. The number of rotatable bonds is 5. The Labute approximate surface area is 122 Å². The molecule has 0 aliphatic rings. The largest absolute Gasteiger partial charge is 0.364 e. The highest BCUT2D eigenvalue weighted by molar-refractivity contribution is 5.98. The number of benzene rings is 1.